The van der Waals surface area contributed by atoms with Gasteiger partial charge >= 0.3 is 0 Å². The van der Waals surface area contributed by atoms with E-state index in [1.807, 2.05) is 29.0 Å². The molecule has 1 saturated heterocycles. The molecule has 0 spiro atoms. The standard InChI is InChI=1S/C27H31FN4O4/c1-35-17-24-15-31-13-21(18-4-7-29-26(12-18)30-23-5-8-36-9-6-23)11-25(31)27(34)32(24)14-20-10-22(28)3-2-19(20)16-33/h2-4,7,10-13,23-24,33H,5-6,8-9,14-17H2,1H3,(H,29,30)/t24-/m1/s1. The average Bonchev–Trinajstić information content (AvgIpc) is 3.32. The van der Waals surface area contributed by atoms with Crippen molar-refractivity contribution < 1.29 is 23.8 Å². The number of carbonyl (C=O) groups is 1. The number of hydrogen-bond acceptors (Lipinski definition) is 6. The summed E-state index contributed by atoms with van der Waals surface area (Å²) in [5.41, 5.74) is 3.65. The molecule has 2 aliphatic heterocycles. The van der Waals surface area contributed by atoms with E-state index in [9.17, 15) is 14.3 Å². The fourth-order valence-electron chi connectivity index (χ4n) is 4.99. The molecule has 1 fully saturated rings. The number of pyridine rings is 1. The lowest BCUT2D eigenvalue weighted by Gasteiger charge is -2.36. The average molecular weight is 495 g/mol. The van der Waals surface area contributed by atoms with Crippen molar-refractivity contribution in [3.05, 3.63) is 71.4 Å². The third-order valence-corrected chi connectivity index (χ3v) is 6.93. The van der Waals surface area contributed by atoms with Crippen LogP contribution in [0, 0.1) is 5.82 Å². The van der Waals surface area contributed by atoms with Crippen molar-refractivity contribution in [2.24, 2.45) is 0 Å². The molecule has 0 saturated carbocycles. The van der Waals surface area contributed by atoms with Crippen LogP contribution in [0.2, 0.25) is 0 Å². The van der Waals surface area contributed by atoms with Crippen LogP contribution < -0.4 is 5.32 Å². The van der Waals surface area contributed by atoms with E-state index in [0.29, 0.717) is 36.0 Å². The Morgan fingerprint density at radius 2 is 2.00 bits per heavy atom. The maximum Gasteiger partial charge on any atom is 0.271 e. The van der Waals surface area contributed by atoms with Gasteiger partial charge in [0.25, 0.3) is 5.91 Å². The molecule has 1 atom stereocenters. The van der Waals surface area contributed by atoms with E-state index in [2.05, 4.69) is 10.3 Å². The van der Waals surface area contributed by atoms with Gasteiger partial charge in [0, 0.05) is 57.4 Å². The first kappa shape index (κ1) is 24.4. The minimum Gasteiger partial charge on any atom is -0.392 e. The SMILES string of the molecule is COC[C@H]1Cn2cc(-c3ccnc(NC4CCOCC4)c3)cc2C(=O)N1Cc1cc(F)ccc1CO. The lowest BCUT2D eigenvalue weighted by atomic mass is 10.0. The highest BCUT2D eigenvalue weighted by Gasteiger charge is 2.33. The molecular formula is C27H31FN4O4. The number of carbonyl (C=O) groups excluding carboxylic acids is 1. The minimum absolute atomic E-state index is 0.155. The first-order chi connectivity index (χ1) is 17.6. The van der Waals surface area contributed by atoms with Gasteiger partial charge in [0.05, 0.1) is 19.3 Å². The maximum absolute atomic E-state index is 14.0. The molecule has 0 radical (unpaired) electrons. The van der Waals surface area contributed by atoms with Gasteiger partial charge in [-0.25, -0.2) is 9.37 Å². The first-order valence-electron chi connectivity index (χ1n) is 12.2. The minimum atomic E-state index is -0.400. The predicted molar refractivity (Wildman–Crippen MR) is 133 cm³/mol. The second kappa shape index (κ2) is 10.8. The van der Waals surface area contributed by atoms with E-state index in [1.165, 1.54) is 12.1 Å². The van der Waals surface area contributed by atoms with E-state index < -0.39 is 5.82 Å². The second-order valence-corrected chi connectivity index (χ2v) is 9.34. The summed E-state index contributed by atoms with van der Waals surface area (Å²) >= 11 is 0. The number of benzene rings is 1. The Labute approximate surface area is 209 Å². The van der Waals surface area contributed by atoms with Crippen molar-refractivity contribution in [2.45, 2.75) is 44.6 Å². The zero-order valence-electron chi connectivity index (χ0n) is 20.3. The van der Waals surface area contributed by atoms with Gasteiger partial charge in [-0.1, -0.05) is 6.07 Å². The number of nitrogens with zero attached hydrogens (tertiary/aromatic N) is 3. The van der Waals surface area contributed by atoms with Gasteiger partial charge < -0.3 is 29.4 Å². The molecule has 1 aromatic carbocycles. The van der Waals surface area contributed by atoms with Crippen LogP contribution in [0.5, 0.6) is 0 Å². The van der Waals surface area contributed by atoms with Gasteiger partial charge in [-0.05, 0) is 59.9 Å². The second-order valence-electron chi connectivity index (χ2n) is 9.34. The molecular weight excluding hydrogens is 463 g/mol. The van der Waals surface area contributed by atoms with Crippen LogP contribution in [-0.4, -0.2) is 64.5 Å². The number of aliphatic hydroxyl groups is 1. The number of fused-ring (bicyclic) bond motifs is 1. The van der Waals surface area contributed by atoms with E-state index in [0.717, 1.165) is 43.0 Å². The smallest absolute Gasteiger partial charge is 0.271 e. The molecule has 36 heavy (non-hydrogen) atoms. The fourth-order valence-corrected chi connectivity index (χ4v) is 4.99. The Morgan fingerprint density at radius 1 is 1.17 bits per heavy atom. The lowest BCUT2D eigenvalue weighted by Crippen LogP contribution is -2.49. The molecule has 0 unspecified atom stereocenters. The molecule has 4 heterocycles. The van der Waals surface area contributed by atoms with Crippen LogP contribution in [0.15, 0.2) is 48.8 Å². The normalized spacial score (nSPS) is 18.4. The number of ether oxygens (including phenoxy) is 2. The Balaban J connectivity index is 1.41. The van der Waals surface area contributed by atoms with Crippen molar-refractivity contribution >= 4 is 11.7 Å². The van der Waals surface area contributed by atoms with Gasteiger partial charge in [0.1, 0.15) is 17.3 Å². The third-order valence-electron chi connectivity index (χ3n) is 6.93. The van der Waals surface area contributed by atoms with Gasteiger partial charge in [0.15, 0.2) is 0 Å². The predicted octanol–water partition coefficient (Wildman–Crippen LogP) is 3.44. The number of nitrogens with one attached hydrogen (secondary N) is 1. The largest absolute Gasteiger partial charge is 0.392 e. The Hall–Kier alpha value is -3.27. The van der Waals surface area contributed by atoms with Gasteiger partial charge in [-0.3, -0.25) is 4.79 Å². The van der Waals surface area contributed by atoms with Crippen molar-refractivity contribution in [3.63, 3.8) is 0 Å². The van der Waals surface area contributed by atoms with Crippen molar-refractivity contribution in [3.8, 4) is 11.1 Å². The molecule has 2 N–H and O–H groups in total. The van der Waals surface area contributed by atoms with Crippen LogP contribution in [0.1, 0.15) is 34.5 Å². The highest BCUT2D eigenvalue weighted by Crippen LogP contribution is 2.30. The van der Waals surface area contributed by atoms with Crippen molar-refractivity contribution in [1.82, 2.24) is 14.5 Å². The number of aliphatic hydroxyl groups excluding tert-OH is 1. The van der Waals surface area contributed by atoms with Crippen LogP contribution in [0.3, 0.4) is 0 Å². The number of anilines is 1. The van der Waals surface area contributed by atoms with E-state index in [1.54, 1.807) is 24.3 Å². The zero-order valence-corrected chi connectivity index (χ0v) is 20.3. The topological polar surface area (TPSA) is 88.8 Å². The van der Waals surface area contributed by atoms with Crippen molar-refractivity contribution in [2.75, 3.05) is 32.2 Å². The molecule has 8 nitrogen and oxygen atoms in total. The molecule has 0 aliphatic carbocycles. The molecule has 3 aromatic rings. The van der Waals surface area contributed by atoms with E-state index in [-0.39, 0.29) is 25.1 Å². The molecule has 0 bridgehead atoms. The summed E-state index contributed by atoms with van der Waals surface area (Å²) in [5.74, 6) is 0.247. The van der Waals surface area contributed by atoms with Crippen LogP contribution >= 0.6 is 0 Å². The highest BCUT2D eigenvalue weighted by atomic mass is 19.1. The number of rotatable bonds is 8. The molecule has 2 aliphatic rings. The van der Waals surface area contributed by atoms with Crippen LogP contribution in [0.25, 0.3) is 11.1 Å². The van der Waals surface area contributed by atoms with Gasteiger partial charge in [0.2, 0.25) is 0 Å². The maximum atomic E-state index is 14.0. The summed E-state index contributed by atoms with van der Waals surface area (Å²) < 4.78 is 26.8. The van der Waals surface area contributed by atoms with Gasteiger partial charge in [-0.15, -0.1) is 0 Å². The highest BCUT2D eigenvalue weighted by molar-refractivity contribution is 5.95. The monoisotopic (exact) mass is 494 g/mol. The summed E-state index contributed by atoms with van der Waals surface area (Å²) in [6, 6.07) is 10.2. The zero-order chi connectivity index (χ0) is 25.1. The third kappa shape index (κ3) is 5.13. The van der Waals surface area contributed by atoms with Crippen LogP contribution in [-0.2, 0) is 29.2 Å². The first-order valence-corrected chi connectivity index (χ1v) is 12.2. The van der Waals surface area contributed by atoms with Crippen molar-refractivity contribution in [1.29, 1.82) is 0 Å². The molecule has 2 aromatic heterocycles. The summed E-state index contributed by atoms with van der Waals surface area (Å²) in [6.45, 7) is 2.36. The number of hydrogen-bond donors (Lipinski definition) is 2. The summed E-state index contributed by atoms with van der Waals surface area (Å²) in [6.07, 6.45) is 5.65. The number of amides is 1. The Morgan fingerprint density at radius 3 is 2.78 bits per heavy atom. The number of methoxy groups -OCH3 is 1. The Kier molecular flexibility index (Phi) is 7.31. The Bertz CT molecular complexity index is 1220. The van der Waals surface area contributed by atoms with Crippen LogP contribution in [0.4, 0.5) is 10.2 Å². The van der Waals surface area contributed by atoms with E-state index in [4.69, 9.17) is 9.47 Å². The lowest BCUT2D eigenvalue weighted by molar-refractivity contribution is 0.0386. The van der Waals surface area contributed by atoms with Gasteiger partial charge in [-0.2, -0.15) is 0 Å². The van der Waals surface area contributed by atoms with E-state index >= 15 is 0 Å². The fraction of sp³-hybridized carbons (Fsp3) is 0.407. The number of halogens is 1. The summed E-state index contributed by atoms with van der Waals surface area (Å²) in [7, 11) is 1.60. The summed E-state index contributed by atoms with van der Waals surface area (Å²) in [4.78, 5) is 19.8. The molecule has 9 heteroatoms. The number of aromatic nitrogens is 2. The molecule has 190 valence electrons. The molecule has 5 rings (SSSR count). The molecule has 1 amide bonds. The quantitative estimate of drug-likeness (QED) is 0.499. The summed E-state index contributed by atoms with van der Waals surface area (Å²) in [5, 5.41) is 13.2.